The Labute approximate surface area is 192 Å². The highest BCUT2D eigenvalue weighted by Gasteiger charge is 2.38. The predicted octanol–water partition coefficient (Wildman–Crippen LogP) is 3.46. The summed E-state index contributed by atoms with van der Waals surface area (Å²) in [5, 5.41) is 17.7. The van der Waals surface area contributed by atoms with Crippen molar-refractivity contribution < 1.29 is 13.2 Å². The molecule has 174 valence electrons. The third-order valence-electron chi connectivity index (χ3n) is 6.00. The van der Waals surface area contributed by atoms with Gasteiger partial charge in [0, 0.05) is 18.5 Å². The van der Waals surface area contributed by atoms with E-state index in [-0.39, 0.29) is 16.9 Å². The number of rotatable bonds is 5. The number of aromatic nitrogens is 3. The van der Waals surface area contributed by atoms with Gasteiger partial charge in [-0.15, -0.1) is 0 Å². The maximum absolute atomic E-state index is 12.7. The van der Waals surface area contributed by atoms with E-state index in [9.17, 15) is 18.5 Å². The van der Waals surface area contributed by atoms with E-state index < -0.39 is 20.1 Å². The number of pyridine rings is 1. The molecule has 1 aliphatic heterocycles. The summed E-state index contributed by atoms with van der Waals surface area (Å²) in [6, 6.07) is 10.4. The highest BCUT2D eigenvalue weighted by molar-refractivity contribution is 7.92. The van der Waals surface area contributed by atoms with Crippen molar-refractivity contribution in [3.63, 3.8) is 0 Å². The topological polar surface area (TPSA) is 130 Å². The lowest BCUT2D eigenvalue weighted by Gasteiger charge is -2.35. The molecular formula is C23H27N5O4S. The van der Waals surface area contributed by atoms with E-state index in [1.165, 1.54) is 0 Å². The smallest absolute Gasteiger partial charge is 0.261 e. The number of nitrogens with one attached hydrogen (secondary N) is 2. The third-order valence-corrected chi connectivity index (χ3v) is 8.50. The van der Waals surface area contributed by atoms with Gasteiger partial charge in [-0.1, -0.05) is 0 Å². The molecule has 4 rings (SSSR count). The molecule has 10 heteroatoms. The number of H-pyrrole nitrogens is 1. The van der Waals surface area contributed by atoms with Gasteiger partial charge in [0.25, 0.3) is 5.56 Å². The molecule has 2 N–H and O–H groups in total. The quantitative estimate of drug-likeness (QED) is 0.585. The Balaban J connectivity index is 1.77. The van der Waals surface area contributed by atoms with Crippen LogP contribution >= 0.6 is 0 Å². The van der Waals surface area contributed by atoms with E-state index >= 15 is 0 Å². The average Bonchev–Trinajstić information content (AvgIpc) is 3.14. The molecule has 1 atom stereocenters. The van der Waals surface area contributed by atoms with Gasteiger partial charge in [-0.25, -0.2) is 8.42 Å². The van der Waals surface area contributed by atoms with Gasteiger partial charge in [-0.3, -0.25) is 9.48 Å². The number of nitrogens with zero attached hydrogens (tertiary/aromatic N) is 3. The van der Waals surface area contributed by atoms with Crippen molar-refractivity contribution in [3.05, 3.63) is 46.9 Å². The van der Waals surface area contributed by atoms with Crippen LogP contribution in [-0.2, 0) is 20.1 Å². The molecule has 0 aliphatic carbocycles. The fourth-order valence-corrected chi connectivity index (χ4v) is 5.30. The molecule has 0 radical (unpaired) electrons. The number of hydrogen-bond acceptors (Lipinski definition) is 7. The maximum atomic E-state index is 12.7. The van der Waals surface area contributed by atoms with Crippen LogP contribution in [0.5, 0.6) is 0 Å². The minimum atomic E-state index is -3.48. The zero-order chi connectivity index (χ0) is 23.9. The highest BCUT2D eigenvalue weighted by atomic mass is 32.2. The fraction of sp³-hybridized carbons (Fsp3) is 0.435. The first-order valence-corrected chi connectivity index (χ1v) is 12.2. The van der Waals surface area contributed by atoms with Crippen molar-refractivity contribution in [2.45, 2.75) is 55.2 Å². The molecular weight excluding hydrogens is 442 g/mol. The van der Waals surface area contributed by atoms with E-state index in [0.717, 1.165) is 6.42 Å². The van der Waals surface area contributed by atoms with Crippen LogP contribution in [0, 0.1) is 11.3 Å². The molecule has 0 amide bonds. The molecule has 9 nitrogen and oxygen atoms in total. The van der Waals surface area contributed by atoms with Crippen LogP contribution in [0.2, 0.25) is 0 Å². The van der Waals surface area contributed by atoms with Crippen molar-refractivity contribution >= 4 is 32.2 Å². The Kier molecular flexibility index (Phi) is 5.80. The summed E-state index contributed by atoms with van der Waals surface area (Å²) in [6.45, 7) is 5.94. The van der Waals surface area contributed by atoms with Crippen molar-refractivity contribution in [2.75, 3.05) is 18.5 Å². The van der Waals surface area contributed by atoms with Crippen LogP contribution < -0.4 is 10.9 Å². The van der Waals surface area contributed by atoms with Gasteiger partial charge in [0.1, 0.15) is 5.39 Å². The van der Waals surface area contributed by atoms with Crippen LogP contribution in [0.3, 0.4) is 0 Å². The van der Waals surface area contributed by atoms with Crippen molar-refractivity contribution in [3.8, 4) is 6.07 Å². The van der Waals surface area contributed by atoms with Crippen molar-refractivity contribution in [1.29, 1.82) is 5.26 Å². The minimum Gasteiger partial charge on any atom is -0.379 e. The molecule has 0 saturated carbocycles. The lowest BCUT2D eigenvalue weighted by atomic mass is 9.89. The predicted molar refractivity (Wildman–Crippen MR) is 125 cm³/mol. The van der Waals surface area contributed by atoms with Gasteiger partial charge in [-0.05, 0) is 63.9 Å². The summed E-state index contributed by atoms with van der Waals surface area (Å²) in [4.78, 5) is 15.6. The van der Waals surface area contributed by atoms with Crippen molar-refractivity contribution in [2.24, 2.45) is 0 Å². The number of ether oxygens (including phenoxy) is 1. The molecule has 3 heterocycles. The molecule has 1 unspecified atom stereocenters. The SMILES string of the molecule is CC(C)(C)S(=O)(=O)c1ccc(Nc2nn(C3(CC#N)CCCOC3)c3cc[nH]c(=O)c23)cc1. The van der Waals surface area contributed by atoms with Crippen LogP contribution in [0.25, 0.3) is 10.9 Å². The van der Waals surface area contributed by atoms with Crippen molar-refractivity contribution in [1.82, 2.24) is 14.8 Å². The number of hydrogen-bond donors (Lipinski definition) is 2. The van der Waals surface area contributed by atoms with Crippen LogP contribution in [0.15, 0.2) is 46.2 Å². The number of anilines is 2. The summed E-state index contributed by atoms with van der Waals surface area (Å²) in [5.74, 6) is 0.334. The van der Waals surface area contributed by atoms with Gasteiger partial charge in [0.15, 0.2) is 15.7 Å². The molecule has 1 saturated heterocycles. The van der Waals surface area contributed by atoms with Crippen LogP contribution in [0.4, 0.5) is 11.5 Å². The highest BCUT2D eigenvalue weighted by Crippen LogP contribution is 2.35. The molecule has 2 aromatic heterocycles. The summed E-state index contributed by atoms with van der Waals surface area (Å²) >= 11 is 0. The molecule has 0 bridgehead atoms. The number of sulfone groups is 1. The molecule has 1 aromatic carbocycles. The lowest BCUT2D eigenvalue weighted by molar-refractivity contribution is -0.00174. The van der Waals surface area contributed by atoms with Gasteiger partial charge in [-0.2, -0.15) is 10.4 Å². The van der Waals surface area contributed by atoms with E-state index in [4.69, 9.17) is 9.84 Å². The van der Waals surface area contributed by atoms with Gasteiger partial charge in [0.2, 0.25) is 0 Å². The second-order valence-corrected chi connectivity index (χ2v) is 12.0. The zero-order valence-corrected chi connectivity index (χ0v) is 19.7. The van der Waals surface area contributed by atoms with Crippen LogP contribution in [0.1, 0.15) is 40.0 Å². The Morgan fingerprint density at radius 3 is 2.61 bits per heavy atom. The summed E-state index contributed by atoms with van der Waals surface area (Å²) in [6.07, 6.45) is 3.26. The van der Waals surface area contributed by atoms with Gasteiger partial charge < -0.3 is 15.0 Å². The largest absolute Gasteiger partial charge is 0.379 e. The summed E-state index contributed by atoms with van der Waals surface area (Å²) < 4.78 is 31.9. The Morgan fingerprint density at radius 2 is 2.00 bits per heavy atom. The first kappa shape index (κ1) is 23.0. The first-order valence-electron chi connectivity index (χ1n) is 10.8. The molecule has 33 heavy (non-hydrogen) atoms. The average molecular weight is 470 g/mol. The maximum Gasteiger partial charge on any atom is 0.261 e. The number of nitriles is 1. The van der Waals surface area contributed by atoms with E-state index in [0.29, 0.717) is 42.0 Å². The second-order valence-electron chi connectivity index (χ2n) is 9.31. The molecule has 1 fully saturated rings. The fourth-order valence-electron chi connectivity index (χ4n) is 4.10. The van der Waals surface area contributed by atoms with E-state index in [1.807, 2.05) is 0 Å². The Hall–Kier alpha value is -3.16. The Bertz CT molecular complexity index is 1370. The van der Waals surface area contributed by atoms with Crippen LogP contribution in [-0.4, -0.2) is 41.1 Å². The normalized spacial score (nSPS) is 19.3. The second kappa shape index (κ2) is 8.32. The third kappa shape index (κ3) is 4.03. The van der Waals surface area contributed by atoms with Gasteiger partial charge >= 0.3 is 0 Å². The zero-order valence-electron chi connectivity index (χ0n) is 18.9. The monoisotopic (exact) mass is 469 g/mol. The standard InChI is InChI=1S/C23H27N5O4S/c1-22(2,3)33(30,31)17-7-5-16(6-8-17)26-20-19-18(9-13-25-21(19)29)28(27-20)23(11-12-24)10-4-14-32-15-23/h5-9,13H,4,10-11,14-15H2,1-3H3,(H,25,29)(H,26,27). The number of benzene rings is 1. The van der Waals surface area contributed by atoms with Gasteiger partial charge in [0.05, 0.1) is 39.8 Å². The first-order chi connectivity index (χ1) is 15.6. The number of fused-ring (bicyclic) bond motifs is 1. The Morgan fingerprint density at radius 1 is 1.27 bits per heavy atom. The van der Waals surface area contributed by atoms with E-state index in [2.05, 4.69) is 16.4 Å². The summed E-state index contributed by atoms with van der Waals surface area (Å²) in [5.41, 5.74) is 0.224. The molecule has 1 aliphatic rings. The van der Waals surface area contributed by atoms with E-state index in [1.54, 1.807) is 62.0 Å². The molecule has 0 spiro atoms. The lowest BCUT2D eigenvalue weighted by Crippen LogP contribution is -2.42. The number of aromatic amines is 1. The summed E-state index contributed by atoms with van der Waals surface area (Å²) in [7, 11) is -3.48. The minimum absolute atomic E-state index is 0.204. The molecule has 3 aromatic rings.